The molecule has 1 amide bonds. The zero-order valence-corrected chi connectivity index (χ0v) is 13.1. The van der Waals surface area contributed by atoms with Crippen LogP contribution < -0.4 is 5.32 Å². The van der Waals surface area contributed by atoms with Crippen LogP contribution in [0.25, 0.3) is 0 Å². The normalized spacial score (nSPS) is 17.1. The highest BCUT2D eigenvalue weighted by Gasteiger charge is 2.54. The van der Waals surface area contributed by atoms with Gasteiger partial charge in [0.15, 0.2) is 0 Å². The van der Waals surface area contributed by atoms with E-state index in [9.17, 15) is 14.7 Å². The van der Waals surface area contributed by atoms with Crippen molar-refractivity contribution in [2.45, 2.75) is 51.5 Å². The van der Waals surface area contributed by atoms with Crippen molar-refractivity contribution in [3.05, 3.63) is 35.9 Å². The molecule has 1 aliphatic carbocycles. The summed E-state index contributed by atoms with van der Waals surface area (Å²) in [5.41, 5.74) is -1.35. The molecule has 0 atom stereocenters. The lowest BCUT2D eigenvalue weighted by atomic mass is 9.74. The highest BCUT2D eigenvalue weighted by atomic mass is 16.4. The average Bonchev–Trinajstić information content (AvgIpc) is 3.20. The molecular weight excluding hydrogens is 266 g/mol. The number of benzene rings is 1. The number of hydrogen-bond acceptors (Lipinski definition) is 2. The molecule has 1 aromatic carbocycles. The zero-order valence-electron chi connectivity index (χ0n) is 13.1. The largest absolute Gasteiger partial charge is 0.481 e. The van der Waals surface area contributed by atoms with Crippen LogP contribution in [0.1, 0.15) is 46.1 Å². The molecule has 0 spiro atoms. The highest BCUT2D eigenvalue weighted by molar-refractivity contribution is 5.92. The van der Waals surface area contributed by atoms with Crippen LogP contribution in [0.4, 0.5) is 0 Å². The predicted molar refractivity (Wildman–Crippen MR) is 81.0 cm³/mol. The van der Waals surface area contributed by atoms with Crippen molar-refractivity contribution >= 4 is 11.9 Å². The molecule has 0 aromatic heterocycles. The van der Waals surface area contributed by atoms with E-state index in [2.05, 4.69) is 5.32 Å². The molecule has 1 fully saturated rings. The fraction of sp³-hybridized carbons (Fsp3) is 0.529. The van der Waals surface area contributed by atoms with E-state index in [1.54, 1.807) is 27.7 Å². The van der Waals surface area contributed by atoms with Crippen molar-refractivity contribution in [2.24, 2.45) is 5.41 Å². The molecule has 0 heterocycles. The Morgan fingerprint density at radius 3 is 2.05 bits per heavy atom. The van der Waals surface area contributed by atoms with Crippen molar-refractivity contribution in [1.29, 1.82) is 0 Å². The number of carbonyl (C=O) groups excluding carboxylic acids is 1. The van der Waals surface area contributed by atoms with Gasteiger partial charge in [0, 0.05) is 5.54 Å². The van der Waals surface area contributed by atoms with E-state index < -0.39 is 22.3 Å². The minimum Gasteiger partial charge on any atom is -0.481 e. The van der Waals surface area contributed by atoms with Gasteiger partial charge in [-0.25, -0.2) is 0 Å². The minimum absolute atomic E-state index is 0.0759. The topological polar surface area (TPSA) is 66.4 Å². The molecule has 0 radical (unpaired) electrons. The van der Waals surface area contributed by atoms with E-state index in [4.69, 9.17) is 0 Å². The van der Waals surface area contributed by atoms with Crippen molar-refractivity contribution in [2.75, 3.05) is 0 Å². The Morgan fingerprint density at radius 2 is 1.62 bits per heavy atom. The average molecular weight is 289 g/mol. The van der Waals surface area contributed by atoms with Crippen LogP contribution in [0.15, 0.2) is 30.3 Å². The van der Waals surface area contributed by atoms with E-state index >= 15 is 0 Å². The summed E-state index contributed by atoms with van der Waals surface area (Å²) in [6.45, 7) is 6.80. The number of hydrogen-bond donors (Lipinski definition) is 2. The van der Waals surface area contributed by atoms with Gasteiger partial charge in [0.2, 0.25) is 5.91 Å². The first kappa shape index (κ1) is 15.5. The van der Waals surface area contributed by atoms with Crippen LogP contribution in [0.3, 0.4) is 0 Å². The molecule has 2 N–H and O–H groups in total. The zero-order chi connectivity index (χ0) is 15.9. The number of carboxylic acid groups (broad SMARTS) is 1. The fourth-order valence-corrected chi connectivity index (χ4v) is 2.36. The van der Waals surface area contributed by atoms with Crippen LogP contribution in [-0.2, 0) is 15.0 Å². The summed E-state index contributed by atoms with van der Waals surface area (Å²) in [4.78, 5) is 24.1. The Labute approximate surface area is 125 Å². The molecule has 0 unspecified atom stereocenters. The van der Waals surface area contributed by atoms with Gasteiger partial charge in [0.1, 0.15) is 0 Å². The van der Waals surface area contributed by atoms with Gasteiger partial charge in [-0.1, -0.05) is 30.3 Å². The Balaban J connectivity index is 2.21. The van der Waals surface area contributed by atoms with E-state index in [-0.39, 0.29) is 5.91 Å². The van der Waals surface area contributed by atoms with E-state index in [1.807, 2.05) is 30.3 Å². The second-order valence-electron chi connectivity index (χ2n) is 6.96. The molecule has 21 heavy (non-hydrogen) atoms. The van der Waals surface area contributed by atoms with Gasteiger partial charge in [-0.05, 0) is 46.1 Å². The SMILES string of the molecule is CC(C)(NC(=O)C1(c2ccccc2)CC1)C(C)(C)C(=O)O. The third-order valence-corrected chi connectivity index (χ3v) is 5.03. The molecule has 0 aliphatic heterocycles. The van der Waals surface area contributed by atoms with Gasteiger partial charge in [-0.15, -0.1) is 0 Å². The Hall–Kier alpha value is -1.84. The molecule has 1 saturated carbocycles. The molecule has 1 aromatic rings. The van der Waals surface area contributed by atoms with E-state index in [0.29, 0.717) is 0 Å². The summed E-state index contributed by atoms with van der Waals surface area (Å²) >= 11 is 0. The van der Waals surface area contributed by atoms with Gasteiger partial charge in [0.25, 0.3) is 0 Å². The van der Waals surface area contributed by atoms with Crippen LogP contribution in [0.5, 0.6) is 0 Å². The molecule has 1 aliphatic rings. The summed E-state index contributed by atoms with van der Waals surface area (Å²) in [5, 5.41) is 12.3. The number of aliphatic carboxylic acids is 1. The Kier molecular flexibility index (Phi) is 3.60. The molecule has 0 saturated heterocycles. The van der Waals surface area contributed by atoms with Crippen LogP contribution in [-0.4, -0.2) is 22.5 Å². The third kappa shape index (κ3) is 2.55. The van der Waals surface area contributed by atoms with Crippen molar-refractivity contribution < 1.29 is 14.7 Å². The predicted octanol–water partition coefficient (Wildman–Crippen LogP) is 2.72. The first-order valence-corrected chi connectivity index (χ1v) is 7.25. The fourth-order valence-electron chi connectivity index (χ4n) is 2.36. The number of nitrogens with one attached hydrogen (secondary N) is 1. The van der Waals surface area contributed by atoms with Gasteiger partial charge in [-0.2, -0.15) is 0 Å². The molecule has 2 rings (SSSR count). The third-order valence-electron chi connectivity index (χ3n) is 5.03. The highest BCUT2D eigenvalue weighted by Crippen LogP contribution is 2.49. The van der Waals surface area contributed by atoms with E-state index in [1.165, 1.54) is 0 Å². The Morgan fingerprint density at radius 1 is 1.10 bits per heavy atom. The summed E-state index contributed by atoms with van der Waals surface area (Å²) < 4.78 is 0. The van der Waals surface area contributed by atoms with E-state index in [0.717, 1.165) is 18.4 Å². The molecule has 4 nitrogen and oxygen atoms in total. The van der Waals surface area contributed by atoms with Crippen molar-refractivity contribution in [1.82, 2.24) is 5.32 Å². The molecular formula is C17H23NO3. The first-order chi connectivity index (χ1) is 9.63. The lowest BCUT2D eigenvalue weighted by Gasteiger charge is -2.39. The van der Waals surface area contributed by atoms with Gasteiger partial charge in [0.05, 0.1) is 10.8 Å². The number of amides is 1. The van der Waals surface area contributed by atoms with Gasteiger partial charge >= 0.3 is 5.97 Å². The number of carbonyl (C=O) groups is 2. The smallest absolute Gasteiger partial charge is 0.311 e. The summed E-state index contributed by atoms with van der Waals surface area (Å²) in [6, 6.07) is 9.70. The lowest BCUT2D eigenvalue weighted by molar-refractivity contribution is -0.152. The maximum atomic E-state index is 12.7. The molecule has 0 bridgehead atoms. The summed E-state index contributed by atoms with van der Waals surface area (Å²) in [7, 11) is 0. The van der Waals surface area contributed by atoms with Gasteiger partial charge < -0.3 is 10.4 Å². The minimum atomic E-state index is -1.05. The number of carboxylic acids is 1. The second kappa shape index (κ2) is 4.86. The first-order valence-electron chi connectivity index (χ1n) is 7.25. The lowest BCUT2D eigenvalue weighted by Crippen LogP contribution is -2.58. The maximum absolute atomic E-state index is 12.7. The van der Waals surface area contributed by atoms with Gasteiger partial charge in [-0.3, -0.25) is 9.59 Å². The van der Waals surface area contributed by atoms with Crippen LogP contribution in [0.2, 0.25) is 0 Å². The number of rotatable bonds is 5. The van der Waals surface area contributed by atoms with Crippen molar-refractivity contribution in [3.63, 3.8) is 0 Å². The van der Waals surface area contributed by atoms with Crippen LogP contribution in [0, 0.1) is 5.41 Å². The summed E-state index contributed by atoms with van der Waals surface area (Å²) in [6.07, 6.45) is 1.62. The Bertz CT molecular complexity index is 557. The van der Waals surface area contributed by atoms with Crippen LogP contribution >= 0.6 is 0 Å². The van der Waals surface area contributed by atoms with Crippen molar-refractivity contribution in [3.8, 4) is 0 Å². The second-order valence-corrected chi connectivity index (χ2v) is 6.96. The standard InChI is InChI=1S/C17H23NO3/c1-15(2,14(20)21)16(3,4)18-13(19)17(10-11-17)12-8-6-5-7-9-12/h5-9H,10-11H2,1-4H3,(H,18,19)(H,20,21). The maximum Gasteiger partial charge on any atom is 0.311 e. The molecule has 4 heteroatoms. The molecule has 114 valence electrons. The monoisotopic (exact) mass is 289 g/mol. The quantitative estimate of drug-likeness (QED) is 0.876. The summed E-state index contributed by atoms with van der Waals surface area (Å²) in [5.74, 6) is -0.995.